The lowest BCUT2D eigenvalue weighted by atomic mass is 10.1. The van der Waals surface area contributed by atoms with Crippen LogP contribution < -0.4 is 9.96 Å². The predicted octanol–water partition coefficient (Wildman–Crippen LogP) is 8.19. The zero-order chi connectivity index (χ0) is 21.4. The number of nitrogens with one attached hydrogen (secondary N) is 2. The Morgan fingerprint density at radius 2 is 0.750 bits per heavy atom. The maximum Gasteiger partial charge on any atom is 0.152 e. The Balaban J connectivity index is 2.13. The average Bonchev–Trinajstić information content (AvgIpc) is 2.53. The molecule has 2 N–H and O–H groups in total. The van der Waals surface area contributed by atoms with Crippen LogP contribution in [0.15, 0.2) is 48.5 Å². The molecule has 2 rings (SSSR count). The van der Waals surface area contributed by atoms with E-state index >= 15 is 0 Å². The van der Waals surface area contributed by atoms with E-state index in [1.807, 2.05) is 0 Å². The van der Waals surface area contributed by atoms with Crippen molar-refractivity contribution in [2.75, 3.05) is 9.96 Å². The summed E-state index contributed by atoms with van der Waals surface area (Å²) in [6.07, 6.45) is 0. The first-order chi connectivity index (χ1) is 12.6. The van der Waals surface area contributed by atoms with Crippen molar-refractivity contribution in [2.45, 2.75) is 77.8 Å². The minimum atomic E-state index is -1.54. The summed E-state index contributed by atoms with van der Waals surface area (Å²) < 4.78 is 0. The normalized spacial score (nSPS) is 13.4. The lowest BCUT2D eigenvalue weighted by molar-refractivity contribution is 0.723. The van der Waals surface area contributed by atoms with Crippen molar-refractivity contribution in [2.24, 2.45) is 0 Å². The molecule has 0 heterocycles. The molecule has 28 heavy (non-hydrogen) atoms. The quantitative estimate of drug-likeness (QED) is 0.484. The highest BCUT2D eigenvalue weighted by Gasteiger charge is 2.36. The van der Waals surface area contributed by atoms with Crippen LogP contribution in [0.2, 0.25) is 36.3 Å². The third-order valence-electron chi connectivity index (χ3n) is 6.77. The maximum absolute atomic E-state index is 3.82. The average molecular weight is 413 g/mol. The van der Waals surface area contributed by atoms with Gasteiger partial charge in [-0.1, -0.05) is 92.0 Å². The lowest BCUT2D eigenvalue weighted by Crippen LogP contribution is -2.45. The molecule has 0 radical (unpaired) electrons. The fraction of sp³-hybridized carbons (Fsp3) is 0.500. The van der Waals surface area contributed by atoms with Gasteiger partial charge in [0.05, 0.1) is 0 Å². The second-order valence-corrected chi connectivity index (χ2v) is 21.2. The van der Waals surface area contributed by atoms with Gasteiger partial charge in [0.2, 0.25) is 0 Å². The van der Waals surface area contributed by atoms with Crippen LogP contribution in [0.5, 0.6) is 0 Å². The summed E-state index contributed by atoms with van der Waals surface area (Å²) in [6.45, 7) is 23.6. The van der Waals surface area contributed by atoms with Crippen LogP contribution >= 0.6 is 0 Å². The zero-order valence-electron chi connectivity index (χ0n) is 19.6. The number of benzene rings is 2. The van der Waals surface area contributed by atoms with E-state index in [2.05, 4.69) is 126 Å². The van der Waals surface area contributed by atoms with Crippen molar-refractivity contribution >= 4 is 27.8 Å². The van der Waals surface area contributed by atoms with Gasteiger partial charge in [0.15, 0.2) is 16.5 Å². The van der Waals surface area contributed by atoms with Crippen molar-refractivity contribution in [3.8, 4) is 11.1 Å². The van der Waals surface area contributed by atoms with Gasteiger partial charge in [-0.3, -0.25) is 0 Å². The van der Waals surface area contributed by atoms with Gasteiger partial charge in [-0.15, -0.1) is 0 Å². The maximum atomic E-state index is 3.82. The van der Waals surface area contributed by atoms with Crippen molar-refractivity contribution in [1.82, 2.24) is 0 Å². The van der Waals surface area contributed by atoms with E-state index in [1.54, 1.807) is 0 Å². The Labute approximate surface area is 175 Å². The fourth-order valence-corrected chi connectivity index (χ4v) is 5.12. The summed E-state index contributed by atoms with van der Waals surface area (Å²) >= 11 is 0. The van der Waals surface area contributed by atoms with Crippen molar-refractivity contribution in [3.63, 3.8) is 0 Å². The molecule has 0 spiro atoms. The third-order valence-corrected chi connectivity index (χ3v) is 16.1. The zero-order valence-corrected chi connectivity index (χ0v) is 21.6. The summed E-state index contributed by atoms with van der Waals surface area (Å²) in [6, 6.07) is 17.8. The highest BCUT2D eigenvalue weighted by molar-refractivity contribution is 6.83. The second kappa shape index (κ2) is 7.71. The van der Waals surface area contributed by atoms with Gasteiger partial charge in [0, 0.05) is 11.4 Å². The van der Waals surface area contributed by atoms with E-state index in [0.29, 0.717) is 10.1 Å². The molecule has 0 atom stereocenters. The van der Waals surface area contributed by atoms with Gasteiger partial charge in [-0.05, 0) is 45.5 Å². The smallest absolute Gasteiger partial charge is 0.152 e. The Kier molecular flexibility index (Phi) is 6.27. The Bertz CT molecular complexity index is 708. The van der Waals surface area contributed by atoms with E-state index in [4.69, 9.17) is 0 Å². The molecule has 0 bridgehead atoms. The molecule has 154 valence electrons. The van der Waals surface area contributed by atoms with Gasteiger partial charge in [0.25, 0.3) is 0 Å². The predicted molar refractivity (Wildman–Crippen MR) is 134 cm³/mol. The molecule has 0 aliphatic rings. The van der Waals surface area contributed by atoms with Crippen LogP contribution in [-0.2, 0) is 0 Å². The van der Waals surface area contributed by atoms with E-state index in [-0.39, 0.29) is 0 Å². The van der Waals surface area contributed by atoms with Crippen molar-refractivity contribution in [3.05, 3.63) is 48.5 Å². The van der Waals surface area contributed by atoms with E-state index in [1.165, 1.54) is 22.5 Å². The lowest BCUT2D eigenvalue weighted by Gasteiger charge is -2.38. The van der Waals surface area contributed by atoms with Crippen LogP contribution in [-0.4, -0.2) is 16.5 Å². The Hall–Kier alpha value is -1.53. The molecule has 0 unspecified atom stereocenters. The molecule has 2 aromatic carbocycles. The fourth-order valence-electron chi connectivity index (χ4n) is 2.59. The van der Waals surface area contributed by atoms with Crippen molar-refractivity contribution in [1.29, 1.82) is 0 Å². The second-order valence-electron chi connectivity index (χ2n) is 11.2. The van der Waals surface area contributed by atoms with Crippen LogP contribution in [0.4, 0.5) is 11.4 Å². The first-order valence-electron chi connectivity index (χ1n) is 10.4. The molecule has 0 saturated carbocycles. The highest BCUT2D eigenvalue weighted by Crippen LogP contribution is 2.38. The van der Waals surface area contributed by atoms with Crippen LogP contribution in [0.3, 0.4) is 0 Å². The largest absolute Gasteiger partial charge is 0.410 e. The van der Waals surface area contributed by atoms with Gasteiger partial charge in [0.1, 0.15) is 0 Å². The van der Waals surface area contributed by atoms with Crippen LogP contribution in [0.25, 0.3) is 11.1 Å². The first-order valence-corrected chi connectivity index (χ1v) is 16.4. The SMILES string of the molecule is CC(C)(C)[Si](C)(C)Nc1ccc(-c2ccc(N[Si](C)(C)C(C)(C)C)cc2)cc1. The van der Waals surface area contributed by atoms with E-state index in [0.717, 1.165) is 0 Å². The summed E-state index contributed by atoms with van der Waals surface area (Å²) in [5.74, 6) is 0. The third kappa shape index (κ3) is 5.29. The molecular weight excluding hydrogens is 372 g/mol. The molecule has 0 fully saturated rings. The standard InChI is InChI=1S/C24H40N2Si2/c1-23(2,3)27(7,8)25-21-15-11-19(12-16-21)20-13-17-22(18-14-20)26-28(9,10)24(4,5)6/h11-18,25-26H,1-10H3. The number of anilines is 2. The van der Waals surface area contributed by atoms with Gasteiger partial charge < -0.3 is 9.96 Å². The Morgan fingerprint density at radius 3 is 0.964 bits per heavy atom. The highest BCUT2D eigenvalue weighted by atomic mass is 28.3. The Morgan fingerprint density at radius 1 is 0.500 bits per heavy atom. The summed E-state index contributed by atoms with van der Waals surface area (Å²) in [5, 5.41) is 0.636. The molecule has 0 amide bonds. The van der Waals surface area contributed by atoms with Gasteiger partial charge in [-0.2, -0.15) is 0 Å². The molecule has 2 nitrogen and oxygen atoms in total. The topological polar surface area (TPSA) is 24.1 Å². The number of hydrogen-bond acceptors (Lipinski definition) is 2. The number of rotatable bonds is 5. The molecular formula is C24H40N2Si2. The van der Waals surface area contributed by atoms with Crippen molar-refractivity contribution < 1.29 is 0 Å². The van der Waals surface area contributed by atoms with Crippen LogP contribution in [0, 0.1) is 0 Å². The van der Waals surface area contributed by atoms with Gasteiger partial charge in [-0.25, -0.2) is 0 Å². The molecule has 0 aliphatic heterocycles. The molecule has 0 aliphatic carbocycles. The first kappa shape index (κ1) is 22.8. The van der Waals surface area contributed by atoms with Gasteiger partial charge >= 0.3 is 0 Å². The summed E-state index contributed by atoms with van der Waals surface area (Å²) in [4.78, 5) is 7.64. The summed E-state index contributed by atoms with van der Waals surface area (Å²) in [7, 11) is -3.09. The minimum absolute atomic E-state index is 0.318. The number of hydrogen-bond donors (Lipinski definition) is 2. The monoisotopic (exact) mass is 412 g/mol. The summed E-state index contributed by atoms with van der Waals surface area (Å²) in [5.41, 5.74) is 4.98. The van der Waals surface area contributed by atoms with E-state index < -0.39 is 16.5 Å². The minimum Gasteiger partial charge on any atom is -0.410 e. The van der Waals surface area contributed by atoms with E-state index in [9.17, 15) is 0 Å². The molecule has 4 heteroatoms. The van der Waals surface area contributed by atoms with Crippen LogP contribution in [0.1, 0.15) is 41.5 Å². The molecule has 2 aromatic rings. The molecule has 0 aromatic heterocycles. The molecule has 0 saturated heterocycles.